The standard InChI is InChI=1S/C15H31NO4S/c1-6-8-9-10-11-15(5,7-2)13(17)16-14(3,4)12-21(18,19)20/h6-12H2,1-5H3,(H,16,17)(H,18,19,20). The highest BCUT2D eigenvalue weighted by Crippen LogP contribution is 2.29. The molecule has 6 heteroatoms. The molecule has 2 N–H and O–H groups in total. The molecular weight excluding hydrogens is 290 g/mol. The first-order valence-electron chi connectivity index (χ1n) is 7.73. The van der Waals surface area contributed by atoms with Crippen molar-refractivity contribution >= 4 is 16.0 Å². The van der Waals surface area contributed by atoms with Crippen molar-refractivity contribution in [2.45, 2.75) is 78.7 Å². The smallest absolute Gasteiger partial charge is 0.267 e. The van der Waals surface area contributed by atoms with E-state index in [-0.39, 0.29) is 5.91 Å². The van der Waals surface area contributed by atoms with Crippen molar-refractivity contribution in [1.82, 2.24) is 5.32 Å². The molecule has 0 aromatic rings. The van der Waals surface area contributed by atoms with Gasteiger partial charge in [-0.05, 0) is 26.7 Å². The number of unbranched alkanes of at least 4 members (excludes halogenated alkanes) is 3. The Morgan fingerprint density at radius 1 is 1.10 bits per heavy atom. The fourth-order valence-corrected chi connectivity index (χ4v) is 3.33. The minimum Gasteiger partial charge on any atom is -0.350 e. The second kappa shape index (κ2) is 8.13. The van der Waals surface area contributed by atoms with Crippen molar-refractivity contribution in [2.75, 3.05) is 5.75 Å². The predicted octanol–water partition coefficient (Wildman–Crippen LogP) is 3.16. The summed E-state index contributed by atoms with van der Waals surface area (Å²) in [4.78, 5) is 12.5. The van der Waals surface area contributed by atoms with E-state index < -0.39 is 26.8 Å². The quantitative estimate of drug-likeness (QED) is 0.478. The van der Waals surface area contributed by atoms with Crippen LogP contribution in [-0.2, 0) is 14.9 Å². The van der Waals surface area contributed by atoms with E-state index in [2.05, 4.69) is 12.2 Å². The highest BCUT2D eigenvalue weighted by atomic mass is 32.2. The van der Waals surface area contributed by atoms with E-state index in [1.165, 1.54) is 0 Å². The minimum absolute atomic E-state index is 0.143. The van der Waals surface area contributed by atoms with E-state index in [1.807, 2.05) is 13.8 Å². The normalized spacial score (nSPS) is 15.5. The van der Waals surface area contributed by atoms with Gasteiger partial charge in [-0.3, -0.25) is 9.35 Å². The van der Waals surface area contributed by atoms with Crippen LogP contribution in [0.1, 0.15) is 73.1 Å². The SMILES string of the molecule is CCCCCCC(C)(CC)C(=O)NC(C)(C)CS(=O)(=O)O. The average Bonchev–Trinajstić information content (AvgIpc) is 2.30. The van der Waals surface area contributed by atoms with Gasteiger partial charge in [0.15, 0.2) is 0 Å². The van der Waals surface area contributed by atoms with Crippen LogP contribution in [0.15, 0.2) is 0 Å². The number of rotatable bonds is 10. The number of amides is 1. The maximum atomic E-state index is 12.5. The van der Waals surface area contributed by atoms with E-state index in [0.29, 0.717) is 6.42 Å². The van der Waals surface area contributed by atoms with Crippen LogP contribution in [0.25, 0.3) is 0 Å². The van der Waals surface area contributed by atoms with Crippen molar-refractivity contribution in [3.8, 4) is 0 Å². The molecule has 0 aliphatic heterocycles. The molecule has 21 heavy (non-hydrogen) atoms. The first kappa shape index (κ1) is 20.4. The largest absolute Gasteiger partial charge is 0.350 e. The molecule has 0 saturated carbocycles. The van der Waals surface area contributed by atoms with E-state index in [1.54, 1.807) is 13.8 Å². The molecule has 0 aromatic heterocycles. The molecule has 1 unspecified atom stereocenters. The Kier molecular flexibility index (Phi) is 7.89. The number of carbonyl (C=O) groups excluding carboxylic acids is 1. The molecule has 0 spiro atoms. The third-order valence-corrected chi connectivity index (χ3v) is 4.99. The number of hydrogen-bond acceptors (Lipinski definition) is 3. The molecule has 0 radical (unpaired) electrons. The summed E-state index contributed by atoms with van der Waals surface area (Å²) < 4.78 is 30.9. The van der Waals surface area contributed by atoms with Gasteiger partial charge in [-0.2, -0.15) is 8.42 Å². The zero-order valence-electron chi connectivity index (χ0n) is 14.0. The van der Waals surface area contributed by atoms with Gasteiger partial charge in [-0.25, -0.2) is 0 Å². The van der Waals surface area contributed by atoms with E-state index >= 15 is 0 Å². The fraction of sp³-hybridized carbons (Fsp3) is 0.933. The Labute approximate surface area is 129 Å². The van der Waals surface area contributed by atoms with Gasteiger partial charge in [0.25, 0.3) is 10.1 Å². The van der Waals surface area contributed by atoms with Gasteiger partial charge >= 0.3 is 0 Å². The Bertz CT molecular complexity index is 431. The fourth-order valence-electron chi connectivity index (χ4n) is 2.34. The molecule has 5 nitrogen and oxygen atoms in total. The molecule has 0 fully saturated rings. The van der Waals surface area contributed by atoms with Crippen LogP contribution in [0.5, 0.6) is 0 Å². The predicted molar refractivity (Wildman–Crippen MR) is 85.8 cm³/mol. The minimum atomic E-state index is -4.12. The van der Waals surface area contributed by atoms with Crippen LogP contribution in [0.4, 0.5) is 0 Å². The third kappa shape index (κ3) is 8.41. The third-order valence-electron chi connectivity index (χ3n) is 3.91. The van der Waals surface area contributed by atoms with Crippen molar-refractivity contribution < 1.29 is 17.8 Å². The van der Waals surface area contributed by atoms with Crippen LogP contribution >= 0.6 is 0 Å². The van der Waals surface area contributed by atoms with E-state index in [4.69, 9.17) is 4.55 Å². The van der Waals surface area contributed by atoms with Gasteiger partial charge in [0, 0.05) is 5.41 Å². The van der Waals surface area contributed by atoms with Crippen LogP contribution in [0.3, 0.4) is 0 Å². The van der Waals surface area contributed by atoms with Crippen molar-refractivity contribution in [3.63, 3.8) is 0 Å². The second-order valence-electron chi connectivity index (χ2n) is 6.79. The first-order chi connectivity index (χ1) is 9.46. The monoisotopic (exact) mass is 321 g/mol. The van der Waals surface area contributed by atoms with Crippen LogP contribution in [0.2, 0.25) is 0 Å². The molecule has 0 heterocycles. The molecular formula is C15H31NO4S. The van der Waals surface area contributed by atoms with Gasteiger partial charge in [-0.15, -0.1) is 0 Å². The molecule has 0 saturated heterocycles. The lowest BCUT2D eigenvalue weighted by atomic mass is 9.80. The van der Waals surface area contributed by atoms with Crippen LogP contribution in [0, 0.1) is 5.41 Å². The molecule has 126 valence electrons. The highest BCUT2D eigenvalue weighted by Gasteiger charge is 2.35. The van der Waals surface area contributed by atoms with Crippen LogP contribution in [-0.4, -0.2) is 30.2 Å². The lowest BCUT2D eigenvalue weighted by Crippen LogP contribution is -2.52. The zero-order valence-corrected chi connectivity index (χ0v) is 14.8. The van der Waals surface area contributed by atoms with Crippen molar-refractivity contribution in [2.24, 2.45) is 5.41 Å². The molecule has 0 aromatic carbocycles. The van der Waals surface area contributed by atoms with Gasteiger partial charge in [0.05, 0.1) is 11.3 Å². The summed E-state index contributed by atoms with van der Waals surface area (Å²) in [6, 6.07) is 0. The van der Waals surface area contributed by atoms with Crippen molar-refractivity contribution in [3.05, 3.63) is 0 Å². The number of carbonyl (C=O) groups is 1. The molecule has 0 aliphatic rings. The summed E-state index contributed by atoms with van der Waals surface area (Å²) in [5, 5.41) is 2.77. The maximum absolute atomic E-state index is 12.5. The Balaban J connectivity index is 4.70. The van der Waals surface area contributed by atoms with Gasteiger partial charge < -0.3 is 5.32 Å². The zero-order chi connectivity index (χ0) is 16.7. The van der Waals surface area contributed by atoms with E-state index in [0.717, 1.165) is 32.1 Å². The summed E-state index contributed by atoms with van der Waals surface area (Å²) in [6.07, 6.45) is 5.90. The topological polar surface area (TPSA) is 83.5 Å². The molecule has 1 atom stereocenters. The number of hydrogen-bond donors (Lipinski definition) is 2. The molecule has 0 aliphatic carbocycles. The summed E-state index contributed by atoms with van der Waals surface area (Å²) in [5.74, 6) is -0.628. The summed E-state index contributed by atoms with van der Waals surface area (Å²) in [7, 11) is -4.12. The molecule has 0 rings (SSSR count). The Hall–Kier alpha value is -0.620. The number of nitrogens with one attached hydrogen (secondary N) is 1. The Morgan fingerprint density at radius 3 is 2.10 bits per heavy atom. The first-order valence-corrected chi connectivity index (χ1v) is 9.34. The van der Waals surface area contributed by atoms with Gasteiger partial charge in [0.1, 0.15) is 0 Å². The van der Waals surface area contributed by atoms with Gasteiger partial charge in [0.2, 0.25) is 5.91 Å². The summed E-state index contributed by atoms with van der Waals surface area (Å²) in [5.41, 5.74) is -1.48. The molecule has 0 bridgehead atoms. The highest BCUT2D eigenvalue weighted by molar-refractivity contribution is 7.85. The molecule has 1 amide bonds. The van der Waals surface area contributed by atoms with Crippen molar-refractivity contribution in [1.29, 1.82) is 0 Å². The Morgan fingerprint density at radius 2 is 1.67 bits per heavy atom. The van der Waals surface area contributed by atoms with Crippen LogP contribution < -0.4 is 5.32 Å². The maximum Gasteiger partial charge on any atom is 0.267 e. The summed E-state index contributed by atoms with van der Waals surface area (Å²) >= 11 is 0. The average molecular weight is 321 g/mol. The van der Waals surface area contributed by atoms with E-state index in [9.17, 15) is 13.2 Å². The summed E-state index contributed by atoms with van der Waals surface area (Å²) in [6.45, 7) is 9.23. The lowest BCUT2D eigenvalue weighted by molar-refractivity contribution is -0.132. The van der Waals surface area contributed by atoms with Gasteiger partial charge in [-0.1, -0.05) is 46.5 Å². The second-order valence-corrected chi connectivity index (χ2v) is 8.24. The lowest BCUT2D eigenvalue weighted by Gasteiger charge is -2.33.